The number of aryl methyl sites for hydroxylation is 1. The summed E-state index contributed by atoms with van der Waals surface area (Å²) >= 11 is 0. The van der Waals surface area contributed by atoms with Gasteiger partial charge in [-0.1, -0.05) is 42.0 Å². The number of para-hydroxylation sites is 2. The molecule has 0 aliphatic carbocycles. The first-order valence-electron chi connectivity index (χ1n) is 7.68. The van der Waals surface area contributed by atoms with Gasteiger partial charge in [-0.15, -0.1) is 0 Å². The Morgan fingerprint density at radius 2 is 1.61 bits per heavy atom. The quantitative estimate of drug-likeness (QED) is 0.885. The van der Waals surface area contributed by atoms with Crippen LogP contribution in [0, 0.1) is 6.92 Å². The van der Waals surface area contributed by atoms with Crippen molar-refractivity contribution in [3.05, 3.63) is 59.7 Å². The van der Waals surface area contributed by atoms with Crippen molar-refractivity contribution in [2.45, 2.75) is 32.9 Å². The van der Waals surface area contributed by atoms with Crippen LogP contribution in [-0.4, -0.2) is 19.1 Å². The lowest BCUT2D eigenvalue weighted by molar-refractivity contribution is -0.127. The summed E-state index contributed by atoms with van der Waals surface area (Å²) < 4.78 is 10.9. The van der Waals surface area contributed by atoms with Gasteiger partial charge in [0.2, 0.25) is 0 Å². The van der Waals surface area contributed by atoms with Crippen LogP contribution in [0.2, 0.25) is 0 Å². The fraction of sp³-hybridized carbons (Fsp3) is 0.316. The summed E-state index contributed by atoms with van der Waals surface area (Å²) in [6.07, 6.45) is -0.612. The van der Waals surface area contributed by atoms with Crippen LogP contribution in [-0.2, 0) is 4.79 Å². The number of hydrogen-bond donors (Lipinski definition) is 1. The minimum absolute atomic E-state index is 0.0770. The topological polar surface area (TPSA) is 47.6 Å². The normalized spacial score (nSPS) is 13.0. The average Bonchev–Trinajstić information content (AvgIpc) is 2.55. The third-order valence-corrected chi connectivity index (χ3v) is 3.68. The highest BCUT2D eigenvalue weighted by molar-refractivity contribution is 5.81. The van der Waals surface area contributed by atoms with Gasteiger partial charge in [-0.3, -0.25) is 4.79 Å². The molecule has 2 aromatic carbocycles. The predicted octanol–water partition coefficient (Wildman–Crippen LogP) is 3.65. The molecule has 2 rings (SSSR count). The van der Waals surface area contributed by atoms with Gasteiger partial charge < -0.3 is 14.8 Å². The standard InChI is InChI=1S/C19H23NO3/c1-13-9-11-16(12-10-13)14(2)20-19(21)15(3)23-18-8-6-5-7-17(18)22-4/h5-12,14-15H,1-4H3,(H,20,21)/t14-,15-/m0/s1. The highest BCUT2D eigenvalue weighted by Crippen LogP contribution is 2.27. The smallest absolute Gasteiger partial charge is 0.261 e. The molecule has 0 heterocycles. The lowest BCUT2D eigenvalue weighted by Gasteiger charge is -2.20. The third-order valence-electron chi connectivity index (χ3n) is 3.68. The summed E-state index contributed by atoms with van der Waals surface area (Å²) in [6.45, 7) is 5.72. The molecular weight excluding hydrogens is 290 g/mol. The van der Waals surface area contributed by atoms with Crippen LogP contribution < -0.4 is 14.8 Å². The highest BCUT2D eigenvalue weighted by Gasteiger charge is 2.19. The van der Waals surface area contributed by atoms with Crippen LogP contribution in [0.3, 0.4) is 0 Å². The van der Waals surface area contributed by atoms with Crippen LogP contribution in [0.4, 0.5) is 0 Å². The van der Waals surface area contributed by atoms with Crippen LogP contribution in [0.25, 0.3) is 0 Å². The number of hydrogen-bond acceptors (Lipinski definition) is 3. The Labute approximate surface area is 137 Å². The van der Waals surface area contributed by atoms with Gasteiger partial charge in [0.15, 0.2) is 17.6 Å². The number of rotatable bonds is 6. The van der Waals surface area contributed by atoms with E-state index in [0.29, 0.717) is 11.5 Å². The first-order valence-corrected chi connectivity index (χ1v) is 7.68. The molecule has 122 valence electrons. The summed E-state index contributed by atoms with van der Waals surface area (Å²) in [4.78, 5) is 12.3. The molecule has 0 radical (unpaired) electrons. The zero-order valence-electron chi connectivity index (χ0n) is 14.0. The van der Waals surface area contributed by atoms with Gasteiger partial charge >= 0.3 is 0 Å². The SMILES string of the molecule is COc1ccccc1O[C@@H](C)C(=O)N[C@@H](C)c1ccc(C)cc1. The maximum atomic E-state index is 12.3. The van der Waals surface area contributed by atoms with Crippen LogP contribution >= 0.6 is 0 Å². The average molecular weight is 313 g/mol. The molecule has 0 fully saturated rings. The largest absolute Gasteiger partial charge is 0.493 e. The number of carbonyl (C=O) groups excluding carboxylic acids is 1. The molecule has 0 spiro atoms. The van der Waals surface area contributed by atoms with Crippen molar-refractivity contribution in [3.63, 3.8) is 0 Å². The molecule has 4 nitrogen and oxygen atoms in total. The minimum Gasteiger partial charge on any atom is -0.493 e. The molecule has 1 amide bonds. The summed E-state index contributed by atoms with van der Waals surface area (Å²) in [5.41, 5.74) is 2.26. The van der Waals surface area contributed by atoms with E-state index in [1.807, 2.05) is 50.2 Å². The van der Waals surface area contributed by atoms with E-state index in [9.17, 15) is 4.79 Å². The van der Waals surface area contributed by atoms with Gasteiger partial charge in [-0.05, 0) is 38.5 Å². The van der Waals surface area contributed by atoms with E-state index in [2.05, 4.69) is 5.32 Å². The molecule has 4 heteroatoms. The van der Waals surface area contributed by atoms with Gasteiger partial charge in [-0.25, -0.2) is 0 Å². The van der Waals surface area contributed by atoms with Gasteiger partial charge in [0.25, 0.3) is 5.91 Å². The van der Waals surface area contributed by atoms with Crippen LogP contribution in [0.1, 0.15) is 31.0 Å². The Hall–Kier alpha value is -2.49. The second kappa shape index (κ2) is 7.68. The number of methoxy groups -OCH3 is 1. The van der Waals surface area contributed by atoms with E-state index in [4.69, 9.17) is 9.47 Å². The Bertz CT molecular complexity index is 652. The Morgan fingerprint density at radius 3 is 2.22 bits per heavy atom. The van der Waals surface area contributed by atoms with Crippen LogP contribution in [0.15, 0.2) is 48.5 Å². The molecule has 23 heavy (non-hydrogen) atoms. The summed E-state index contributed by atoms with van der Waals surface area (Å²) in [6, 6.07) is 15.3. The van der Waals surface area contributed by atoms with Crippen LogP contribution in [0.5, 0.6) is 11.5 Å². The zero-order valence-corrected chi connectivity index (χ0v) is 14.0. The van der Waals surface area contributed by atoms with Crippen molar-refractivity contribution in [1.82, 2.24) is 5.32 Å². The summed E-state index contributed by atoms with van der Waals surface area (Å²) in [7, 11) is 1.58. The van der Waals surface area contributed by atoms with Crippen molar-refractivity contribution in [2.24, 2.45) is 0 Å². The first kappa shape index (κ1) is 16.9. The van der Waals surface area contributed by atoms with E-state index in [0.717, 1.165) is 5.56 Å². The fourth-order valence-corrected chi connectivity index (χ4v) is 2.23. The predicted molar refractivity (Wildman–Crippen MR) is 90.8 cm³/mol. The summed E-state index contributed by atoms with van der Waals surface area (Å²) in [5.74, 6) is 1.00. The first-order chi connectivity index (χ1) is 11.0. The van der Waals surface area contributed by atoms with Crippen molar-refractivity contribution in [3.8, 4) is 11.5 Å². The Kier molecular flexibility index (Phi) is 5.63. The number of ether oxygens (including phenoxy) is 2. The van der Waals surface area contributed by atoms with E-state index in [-0.39, 0.29) is 11.9 Å². The molecule has 2 atom stereocenters. The molecule has 0 aliphatic heterocycles. The van der Waals surface area contributed by atoms with Crippen molar-refractivity contribution in [1.29, 1.82) is 0 Å². The molecule has 1 N–H and O–H groups in total. The van der Waals surface area contributed by atoms with E-state index in [1.165, 1.54) is 5.56 Å². The number of carbonyl (C=O) groups is 1. The maximum absolute atomic E-state index is 12.3. The van der Waals surface area contributed by atoms with E-state index < -0.39 is 6.10 Å². The van der Waals surface area contributed by atoms with E-state index >= 15 is 0 Å². The third kappa shape index (κ3) is 4.49. The lowest BCUT2D eigenvalue weighted by Crippen LogP contribution is -2.37. The maximum Gasteiger partial charge on any atom is 0.261 e. The van der Waals surface area contributed by atoms with Crippen molar-refractivity contribution in [2.75, 3.05) is 7.11 Å². The zero-order chi connectivity index (χ0) is 16.8. The summed E-state index contributed by atoms with van der Waals surface area (Å²) in [5, 5.41) is 2.97. The van der Waals surface area contributed by atoms with Crippen molar-refractivity contribution < 1.29 is 14.3 Å². The minimum atomic E-state index is -0.612. The molecule has 0 aromatic heterocycles. The Balaban J connectivity index is 1.98. The number of amides is 1. The number of benzene rings is 2. The van der Waals surface area contributed by atoms with E-state index in [1.54, 1.807) is 26.2 Å². The second-order valence-electron chi connectivity index (χ2n) is 5.55. The molecule has 0 bridgehead atoms. The van der Waals surface area contributed by atoms with Gasteiger partial charge in [0.05, 0.1) is 13.2 Å². The molecular formula is C19H23NO3. The number of nitrogens with one attached hydrogen (secondary N) is 1. The molecule has 0 aliphatic rings. The lowest BCUT2D eigenvalue weighted by atomic mass is 10.1. The fourth-order valence-electron chi connectivity index (χ4n) is 2.23. The van der Waals surface area contributed by atoms with Gasteiger partial charge in [-0.2, -0.15) is 0 Å². The monoisotopic (exact) mass is 313 g/mol. The molecule has 0 unspecified atom stereocenters. The molecule has 2 aromatic rings. The highest BCUT2D eigenvalue weighted by atomic mass is 16.5. The van der Waals surface area contributed by atoms with Gasteiger partial charge in [0, 0.05) is 0 Å². The molecule has 0 saturated heterocycles. The Morgan fingerprint density at radius 1 is 1.00 bits per heavy atom. The van der Waals surface area contributed by atoms with Gasteiger partial charge in [0.1, 0.15) is 0 Å². The second-order valence-corrected chi connectivity index (χ2v) is 5.55. The van der Waals surface area contributed by atoms with Crippen molar-refractivity contribution >= 4 is 5.91 Å². The molecule has 0 saturated carbocycles.